The van der Waals surface area contributed by atoms with Gasteiger partial charge in [-0.05, 0) is 45.5 Å². The maximum absolute atomic E-state index is 10.9. The summed E-state index contributed by atoms with van der Waals surface area (Å²) >= 11 is 0. The van der Waals surface area contributed by atoms with Crippen LogP contribution in [-0.4, -0.2) is 5.11 Å². The van der Waals surface area contributed by atoms with Gasteiger partial charge in [-0.2, -0.15) is 0 Å². The van der Waals surface area contributed by atoms with Crippen LogP contribution in [0.4, 0.5) is 0 Å². The normalized spacial score (nSPS) is 10.8. The van der Waals surface area contributed by atoms with E-state index in [0.717, 1.165) is 33.4 Å². The van der Waals surface area contributed by atoms with Gasteiger partial charge in [-0.3, -0.25) is 0 Å². The Balaban J connectivity index is 1.67. The van der Waals surface area contributed by atoms with Gasteiger partial charge in [0.2, 0.25) is 0 Å². The molecular weight excluding hydrogens is 316 g/mol. The molecule has 0 saturated heterocycles. The number of rotatable bonds is 4. The van der Waals surface area contributed by atoms with Crippen LogP contribution in [0.25, 0.3) is 22.3 Å². The summed E-state index contributed by atoms with van der Waals surface area (Å²) in [5.41, 5.74) is 6.09. The van der Waals surface area contributed by atoms with E-state index in [1.165, 1.54) is 0 Å². The largest absolute Gasteiger partial charge is 0.377 e. The van der Waals surface area contributed by atoms with Crippen molar-refractivity contribution < 1.29 is 5.11 Å². The standard InChI is InChI=1S/C25H19O/c26-25(23-15-7-13-21(17-23)19-9-3-1-4-10-19)24-16-8-14-22(18-24)20-11-5-2-6-12-20/h1-18,26H. The molecule has 0 heterocycles. The second-order valence-corrected chi connectivity index (χ2v) is 6.24. The highest BCUT2D eigenvalue weighted by Gasteiger charge is 2.13. The van der Waals surface area contributed by atoms with Gasteiger partial charge < -0.3 is 5.11 Å². The fourth-order valence-corrected chi connectivity index (χ4v) is 3.12. The molecule has 0 bridgehead atoms. The highest BCUT2D eigenvalue weighted by atomic mass is 16.3. The van der Waals surface area contributed by atoms with Crippen molar-refractivity contribution in [3.8, 4) is 22.3 Å². The quantitative estimate of drug-likeness (QED) is 0.462. The lowest BCUT2D eigenvalue weighted by Crippen LogP contribution is -2.01. The molecule has 0 unspecified atom stereocenters. The molecule has 1 radical (unpaired) electrons. The van der Waals surface area contributed by atoms with Gasteiger partial charge in [-0.15, -0.1) is 0 Å². The van der Waals surface area contributed by atoms with Gasteiger partial charge in [0.1, 0.15) is 0 Å². The van der Waals surface area contributed by atoms with Crippen molar-refractivity contribution in [2.24, 2.45) is 0 Å². The van der Waals surface area contributed by atoms with Gasteiger partial charge in [-0.1, -0.05) is 97.1 Å². The van der Waals surface area contributed by atoms with E-state index in [9.17, 15) is 5.11 Å². The molecule has 0 amide bonds. The zero-order valence-electron chi connectivity index (χ0n) is 14.3. The highest BCUT2D eigenvalue weighted by Crippen LogP contribution is 2.29. The predicted molar refractivity (Wildman–Crippen MR) is 107 cm³/mol. The molecule has 0 aliphatic carbocycles. The Kier molecular flexibility index (Phi) is 4.63. The zero-order chi connectivity index (χ0) is 17.8. The molecule has 1 nitrogen and oxygen atoms in total. The molecule has 0 atom stereocenters. The summed E-state index contributed by atoms with van der Waals surface area (Å²) in [4.78, 5) is 0. The van der Waals surface area contributed by atoms with Gasteiger partial charge in [0.25, 0.3) is 0 Å². The third kappa shape index (κ3) is 3.44. The van der Waals surface area contributed by atoms with Crippen LogP contribution in [0, 0.1) is 6.10 Å². The summed E-state index contributed by atoms with van der Waals surface area (Å²) in [6.45, 7) is 0. The van der Waals surface area contributed by atoms with Crippen LogP contribution in [0.2, 0.25) is 0 Å². The van der Waals surface area contributed by atoms with Crippen molar-refractivity contribution in [1.82, 2.24) is 0 Å². The first-order valence-corrected chi connectivity index (χ1v) is 8.69. The fourth-order valence-electron chi connectivity index (χ4n) is 3.12. The highest BCUT2D eigenvalue weighted by molar-refractivity contribution is 5.67. The Bertz CT molecular complexity index is 908. The van der Waals surface area contributed by atoms with E-state index in [1.54, 1.807) is 0 Å². The summed E-state index contributed by atoms with van der Waals surface area (Å²) in [5, 5.41) is 10.9. The minimum atomic E-state index is 0.292. The van der Waals surface area contributed by atoms with Crippen LogP contribution in [0.3, 0.4) is 0 Å². The number of aliphatic hydroxyl groups excluding tert-OH is 1. The van der Waals surface area contributed by atoms with Crippen LogP contribution in [0.1, 0.15) is 11.1 Å². The molecule has 4 aromatic carbocycles. The molecule has 4 aromatic rings. The van der Waals surface area contributed by atoms with E-state index in [2.05, 4.69) is 36.4 Å². The topological polar surface area (TPSA) is 20.2 Å². The van der Waals surface area contributed by atoms with E-state index in [1.807, 2.05) is 72.8 Å². The van der Waals surface area contributed by atoms with Gasteiger partial charge >= 0.3 is 0 Å². The van der Waals surface area contributed by atoms with Gasteiger partial charge in [0.15, 0.2) is 6.10 Å². The second-order valence-electron chi connectivity index (χ2n) is 6.24. The minimum absolute atomic E-state index is 0.292. The maximum Gasteiger partial charge on any atom is 0.152 e. The number of hydrogen-bond donors (Lipinski definition) is 1. The van der Waals surface area contributed by atoms with Crippen LogP contribution < -0.4 is 0 Å². The SMILES string of the molecule is O[C](c1cccc(-c2ccccc2)c1)c1cccc(-c2ccccc2)c1. The average molecular weight is 335 g/mol. The lowest BCUT2D eigenvalue weighted by atomic mass is 9.95. The summed E-state index contributed by atoms with van der Waals surface area (Å²) in [6, 6.07) is 36.4. The van der Waals surface area contributed by atoms with Crippen LogP contribution in [-0.2, 0) is 0 Å². The fraction of sp³-hybridized carbons (Fsp3) is 0. The van der Waals surface area contributed by atoms with Gasteiger partial charge in [0.05, 0.1) is 0 Å². The summed E-state index contributed by atoms with van der Waals surface area (Å²) in [6.07, 6.45) is 0.292. The van der Waals surface area contributed by atoms with E-state index in [4.69, 9.17) is 0 Å². The Hall–Kier alpha value is -3.16. The minimum Gasteiger partial charge on any atom is -0.377 e. The second kappa shape index (κ2) is 7.38. The van der Waals surface area contributed by atoms with Crippen molar-refractivity contribution in [1.29, 1.82) is 0 Å². The Morgan fingerprint density at radius 3 is 1.23 bits per heavy atom. The molecule has 0 saturated carbocycles. The molecule has 26 heavy (non-hydrogen) atoms. The number of aliphatic hydroxyl groups is 1. The first kappa shape index (κ1) is 16.3. The Labute approximate surface area is 154 Å². The molecule has 0 spiro atoms. The van der Waals surface area contributed by atoms with Gasteiger partial charge in [-0.25, -0.2) is 0 Å². The Morgan fingerprint density at radius 1 is 0.423 bits per heavy atom. The molecular formula is C25H19O. The molecule has 1 N–H and O–H groups in total. The van der Waals surface area contributed by atoms with E-state index in [0.29, 0.717) is 6.10 Å². The number of hydrogen-bond acceptors (Lipinski definition) is 1. The molecule has 4 rings (SSSR count). The van der Waals surface area contributed by atoms with Crippen molar-refractivity contribution in [3.63, 3.8) is 0 Å². The van der Waals surface area contributed by atoms with Gasteiger partial charge in [0, 0.05) is 0 Å². The first-order valence-electron chi connectivity index (χ1n) is 8.69. The third-order valence-corrected chi connectivity index (χ3v) is 4.49. The third-order valence-electron chi connectivity index (χ3n) is 4.49. The zero-order valence-corrected chi connectivity index (χ0v) is 14.3. The molecule has 0 fully saturated rings. The summed E-state index contributed by atoms with van der Waals surface area (Å²) in [7, 11) is 0. The maximum atomic E-state index is 10.9. The summed E-state index contributed by atoms with van der Waals surface area (Å²) in [5.74, 6) is 0. The van der Waals surface area contributed by atoms with Crippen molar-refractivity contribution in [2.75, 3.05) is 0 Å². The predicted octanol–water partition coefficient (Wildman–Crippen LogP) is 6.32. The lowest BCUT2D eigenvalue weighted by molar-refractivity contribution is 0.356. The van der Waals surface area contributed by atoms with Crippen LogP contribution in [0.5, 0.6) is 0 Å². The first-order chi connectivity index (χ1) is 12.8. The van der Waals surface area contributed by atoms with Crippen LogP contribution >= 0.6 is 0 Å². The monoisotopic (exact) mass is 335 g/mol. The van der Waals surface area contributed by atoms with Crippen LogP contribution in [0.15, 0.2) is 109 Å². The molecule has 0 aliphatic rings. The molecule has 125 valence electrons. The number of benzene rings is 4. The Morgan fingerprint density at radius 2 is 0.808 bits per heavy atom. The molecule has 0 aliphatic heterocycles. The molecule has 1 heteroatoms. The smallest absolute Gasteiger partial charge is 0.152 e. The van der Waals surface area contributed by atoms with E-state index >= 15 is 0 Å². The van der Waals surface area contributed by atoms with Crippen molar-refractivity contribution in [3.05, 3.63) is 126 Å². The lowest BCUT2D eigenvalue weighted by Gasteiger charge is -2.13. The van der Waals surface area contributed by atoms with Crippen molar-refractivity contribution in [2.45, 2.75) is 0 Å². The van der Waals surface area contributed by atoms with E-state index in [-0.39, 0.29) is 0 Å². The molecule has 0 aromatic heterocycles. The van der Waals surface area contributed by atoms with E-state index < -0.39 is 0 Å². The summed E-state index contributed by atoms with van der Waals surface area (Å²) < 4.78 is 0. The average Bonchev–Trinajstić information content (AvgIpc) is 2.75. The van der Waals surface area contributed by atoms with Crippen molar-refractivity contribution >= 4 is 0 Å².